The molecule has 0 radical (unpaired) electrons. The summed E-state index contributed by atoms with van der Waals surface area (Å²) in [5, 5.41) is 4.93. The maximum Gasteiger partial charge on any atom is 0.0962 e. The van der Waals surface area contributed by atoms with E-state index in [9.17, 15) is 0 Å². The van der Waals surface area contributed by atoms with Gasteiger partial charge in [0.05, 0.1) is 10.7 Å². The van der Waals surface area contributed by atoms with Crippen molar-refractivity contribution in [2.24, 2.45) is 5.92 Å². The molecule has 0 saturated heterocycles. The summed E-state index contributed by atoms with van der Waals surface area (Å²) >= 11 is 2.00. The van der Waals surface area contributed by atoms with E-state index >= 15 is 0 Å². The van der Waals surface area contributed by atoms with Gasteiger partial charge in [-0.1, -0.05) is 26.7 Å². The molecule has 1 N–H and O–H groups in total. The fourth-order valence-corrected chi connectivity index (χ4v) is 4.52. The molecule has 2 aliphatic rings. The highest BCUT2D eigenvalue weighted by atomic mass is 32.1. The molecule has 2 saturated carbocycles. The molecule has 0 bridgehead atoms. The van der Waals surface area contributed by atoms with Crippen molar-refractivity contribution in [3.05, 3.63) is 15.6 Å². The van der Waals surface area contributed by atoms with Gasteiger partial charge in [0.1, 0.15) is 0 Å². The molecule has 2 nitrogen and oxygen atoms in total. The Labute approximate surface area is 121 Å². The molecule has 3 rings (SSSR count). The topological polar surface area (TPSA) is 24.9 Å². The summed E-state index contributed by atoms with van der Waals surface area (Å²) in [6, 6.07) is 0. The number of aromatic nitrogens is 1. The van der Waals surface area contributed by atoms with Gasteiger partial charge in [0.15, 0.2) is 0 Å². The van der Waals surface area contributed by atoms with Crippen molar-refractivity contribution in [1.29, 1.82) is 0 Å². The zero-order valence-corrected chi connectivity index (χ0v) is 13.1. The first-order valence-corrected chi connectivity index (χ1v) is 8.79. The van der Waals surface area contributed by atoms with Crippen LogP contribution in [0.15, 0.2) is 0 Å². The molecule has 0 aliphatic heterocycles. The molecule has 1 heterocycles. The van der Waals surface area contributed by atoms with Crippen molar-refractivity contribution in [3.8, 4) is 0 Å². The summed E-state index contributed by atoms with van der Waals surface area (Å²) in [6.07, 6.45) is 8.27. The highest BCUT2D eigenvalue weighted by Crippen LogP contribution is 2.45. The highest BCUT2D eigenvalue weighted by molar-refractivity contribution is 7.11. The van der Waals surface area contributed by atoms with E-state index < -0.39 is 0 Å². The molecule has 2 fully saturated rings. The van der Waals surface area contributed by atoms with Crippen LogP contribution in [0.4, 0.5) is 0 Å². The molecule has 2 aliphatic carbocycles. The molecule has 2 unspecified atom stereocenters. The summed E-state index contributed by atoms with van der Waals surface area (Å²) in [4.78, 5) is 6.59. The summed E-state index contributed by atoms with van der Waals surface area (Å²) in [5.41, 5.74) is 1.44. The largest absolute Gasteiger partial charge is 0.312 e. The van der Waals surface area contributed by atoms with Gasteiger partial charge in [0.2, 0.25) is 0 Å². The molecule has 0 spiro atoms. The lowest BCUT2D eigenvalue weighted by Gasteiger charge is -2.24. The average Bonchev–Trinajstić information content (AvgIpc) is 3.17. The smallest absolute Gasteiger partial charge is 0.0962 e. The second-order valence-electron chi connectivity index (χ2n) is 6.38. The summed E-state index contributed by atoms with van der Waals surface area (Å²) in [5.74, 6) is 2.44. The van der Waals surface area contributed by atoms with E-state index in [0.717, 1.165) is 30.8 Å². The third-order valence-electron chi connectivity index (χ3n) is 4.53. The van der Waals surface area contributed by atoms with E-state index in [4.69, 9.17) is 4.98 Å². The Kier molecular flexibility index (Phi) is 4.23. The number of hydrogen-bond acceptors (Lipinski definition) is 3. The van der Waals surface area contributed by atoms with Crippen LogP contribution in [0.3, 0.4) is 0 Å². The van der Waals surface area contributed by atoms with Crippen molar-refractivity contribution >= 4 is 11.3 Å². The van der Waals surface area contributed by atoms with Crippen LogP contribution in [0, 0.1) is 5.92 Å². The third-order valence-corrected chi connectivity index (χ3v) is 5.76. The van der Waals surface area contributed by atoms with Crippen LogP contribution < -0.4 is 5.32 Å². The molecule has 0 amide bonds. The fourth-order valence-electron chi connectivity index (χ4n) is 3.26. The Balaban J connectivity index is 1.77. The zero-order chi connectivity index (χ0) is 13.2. The zero-order valence-electron chi connectivity index (χ0n) is 12.2. The quantitative estimate of drug-likeness (QED) is 0.862. The van der Waals surface area contributed by atoms with Gasteiger partial charge < -0.3 is 5.32 Å². The van der Waals surface area contributed by atoms with Gasteiger partial charge in [0.25, 0.3) is 0 Å². The Morgan fingerprint density at radius 3 is 2.74 bits per heavy atom. The molecule has 19 heavy (non-hydrogen) atoms. The standard InChI is InChI=1S/C16H26N2S/c1-3-17-10-14-15(12-7-8-12)18-16(19-14)13-6-4-5-11(2)9-13/h11-13,17H,3-10H2,1-2H3. The maximum atomic E-state index is 5.06. The lowest BCUT2D eigenvalue weighted by Crippen LogP contribution is -2.11. The summed E-state index contributed by atoms with van der Waals surface area (Å²) < 4.78 is 0. The monoisotopic (exact) mass is 278 g/mol. The number of nitrogens with zero attached hydrogens (tertiary/aromatic N) is 1. The Morgan fingerprint density at radius 2 is 2.05 bits per heavy atom. The minimum atomic E-state index is 0.752. The number of hydrogen-bond donors (Lipinski definition) is 1. The van der Waals surface area contributed by atoms with Crippen LogP contribution in [-0.2, 0) is 6.54 Å². The SMILES string of the molecule is CCNCc1sc(C2CCCC(C)C2)nc1C1CC1. The molecular formula is C16H26N2S. The second kappa shape index (κ2) is 5.92. The Hall–Kier alpha value is -0.410. The van der Waals surface area contributed by atoms with Gasteiger partial charge in [-0.3, -0.25) is 0 Å². The molecule has 1 aromatic heterocycles. The molecule has 3 heteroatoms. The number of thiazole rings is 1. The van der Waals surface area contributed by atoms with E-state index in [1.165, 1.54) is 54.1 Å². The first-order chi connectivity index (χ1) is 9.28. The third kappa shape index (κ3) is 3.19. The van der Waals surface area contributed by atoms with E-state index in [2.05, 4.69) is 19.2 Å². The van der Waals surface area contributed by atoms with Gasteiger partial charge in [-0.2, -0.15) is 0 Å². The van der Waals surface area contributed by atoms with Crippen molar-refractivity contribution in [2.75, 3.05) is 6.54 Å². The maximum absolute atomic E-state index is 5.06. The minimum absolute atomic E-state index is 0.752. The first-order valence-electron chi connectivity index (χ1n) is 7.98. The van der Waals surface area contributed by atoms with Gasteiger partial charge in [0, 0.05) is 23.3 Å². The first kappa shape index (κ1) is 13.6. The van der Waals surface area contributed by atoms with Crippen molar-refractivity contribution in [1.82, 2.24) is 10.3 Å². The molecule has 2 atom stereocenters. The predicted octanol–water partition coefficient (Wildman–Crippen LogP) is 4.42. The van der Waals surface area contributed by atoms with E-state index in [-0.39, 0.29) is 0 Å². The molecular weight excluding hydrogens is 252 g/mol. The van der Waals surface area contributed by atoms with Crippen LogP contribution in [0.1, 0.15) is 79.8 Å². The average molecular weight is 278 g/mol. The van der Waals surface area contributed by atoms with E-state index in [1.807, 2.05) is 11.3 Å². The van der Waals surface area contributed by atoms with Crippen LogP contribution in [-0.4, -0.2) is 11.5 Å². The minimum Gasteiger partial charge on any atom is -0.312 e. The van der Waals surface area contributed by atoms with Crippen LogP contribution in [0.2, 0.25) is 0 Å². The Bertz CT molecular complexity index is 422. The van der Waals surface area contributed by atoms with E-state index in [0.29, 0.717) is 0 Å². The molecule has 1 aromatic rings. The van der Waals surface area contributed by atoms with Crippen molar-refractivity contribution in [2.45, 2.75) is 70.8 Å². The Morgan fingerprint density at radius 1 is 1.21 bits per heavy atom. The number of nitrogens with one attached hydrogen (secondary N) is 1. The normalized spacial score (nSPS) is 27.7. The van der Waals surface area contributed by atoms with Crippen molar-refractivity contribution < 1.29 is 0 Å². The highest BCUT2D eigenvalue weighted by Gasteiger charge is 2.31. The summed E-state index contributed by atoms with van der Waals surface area (Å²) in [7, 11) is 0. The lowest BCUT2D eigenvalue weighted by molar-refractivity contribution is 0.343. The molecule has 0 aromatic carbocycles. The van der Waals surface area contributed by atoms with Gasteiger partial charge in [-0.15, -0.1) is 11.3 Å². The van der Waals surface area contributed by atoms with E-state index in [1.54, 1.807) is 0 Å². The lowest BCUT2D eigenvalue weighted by atomic mass is 9.83. The fraction of sp³-hybridized carbons (Fsp3) is 0.812. The van der Waals surface area contributed by atoms with Gasteiger partial charge in [-0.05, 0) is 38.1 Å². The molecule has 106 valence electrons. The predicted molar refractivity (Wildman–Crippen MR) is 81.8 cm³/mol. The van der Waals surface area contributed by atoms with Crippen LogP contribution in [0.25, 0.3) is 0 Å². The summed E-state index contributed by atoms with van der Waals surface area (Å²) in [6.45, 7) is 6.67. The van der Waals surface area contributed by atoms with Gasteiger partial charge in [-0.25, -0.2) is 4.98 Å². The van der Waals surface area contributed by atoms with Crippen molar-refractivity contribution in [3.63, 3.8) is 0 Å². The van der Waals surface area contributed by atoms with Gasteiger partial charge >= 0.3 is 0 Å². The number of rotatable bonds is 5. The second-order valence-corrected chi connectivity index (χ2v) is 7.50. The van der Waals surface area contributed by atoms with Crippen LogP contribution in [0.5, 0.6) is 0 Å². The van der Waals surface area contributed by atoms with Crippen LogP contribution >= 0.6 is 11.3 Å².